The molecule has 0 atom stereocenters. The fraction of sp³-hybridized carbons (Fsp3) is 0.375. The molecule has 5 rings (SSSR count). The van der Waals surface area contributed by atoms with Crippen LogP contribution in [0.4, 0.5) is 0 Å². The number of aromatic nitrogens is 3. The van der Waals surface area contributed by atoms with Gasteiger partial charge >= 0.3 is 0 Å². The summed E-state index contributed by atoms with van der Waals surface area (Å²) in [4.78, 5) is 15.7. The first-order chi connectivity index (χ1) is 14.7. The fourth-order valence-electron chi connectivity index (χ4n) is 4.72. The molecule has 1 fully saturated rings. The summed E-state index contributed by atoms with van der Waals surface area (Å²) < 4.78 is 2.20. The van der Waals surface area contributed by atoms with Crippen molar-refractivity contribution in [2.45, 2.75) is 44.1 Å². The van der Waals surface area contributed by atoms with Crippen LogP contribution in [0.2, 0.25) is 5.02 Å². The predicted octanol–water partition coefficient (Wildman–Crippen LogP) is 4.03. The largest absolute Gasteiger partial charge is 0.340 e. The first-order valence-corrected chi connectivity index (χ1v) is 11.0. The molecule has 0 saturated heterocycles. The highest BCUT2D eigenvalue weighted by molar-refractivity contribution is 6.30. The van der Waals surface area contributed by atoms with Crippen LogP contribution >= 0.6 is 11.6 Å². The van der Waals surface area contributed by atoms with Gasteiger partial charge in [0, 0.05) is 37.5 Å². The van der Waals surface area contributed by atoms with Gasteiger partial charge in [-0.05, 0) is 36.1 Å². The minimum Gasteiger partial charge on any atom is -0.340 e. The number of hydrogen-bond donors (Lipinski definition) is 0. The molecule has 1 saturated carbocycles. The molecule has 0 N–H and O–H groups in total. The summed E-state index contributed by atoms with van der Waals surface area (Å²) >= 11 is 6.07. The number of fused-ring (bicyclic) bond motifs is 1. The molecule has 154 valence electrons. The van der Waals surface area contributed by atoms with E-state index >= 15 is 0 Å². The Labute approximate surface area is 181 Å². The zero-order chi connectivity index (χ0) is 20.6. The maximum absolute atomic E-state index is 13.6. The van der Waals surface area contributed by atoms with E-state index in [-0.39, 0.29) is 11.3 Å². The van der Waals surface area contributed by atoms with E-state index in [1.54, 1.807) is 0 Å². The molecule has 0 spiro atoms. The topological polar surface area (TPSA) is 51.0 Å². The van der Waals surface area contributed by atoms with Crippen molar-refractivity contribution < 1.29 is 4.79 Å². The Hall–Kier alpha value is -2.66. The Kier molecular flexibility index (Phi) is 5.07. The van der Waals surface area contributed by atoms with Crippen LogP contribution in [0.3, 0.4) is 0 Å². The third kappa shape index (κ3) is 3.41. The minimum absolute atomic E-state index is 0.249. The molecule has 2 heterocycles. The molecule has 0 radical (unpaired) electrons. The molecule has 30 heavy (non-hydrogen) atoms. The lowest BCUT2D eigenvalue weighted by atomic mass is 9.63. The Balaban J connectivity index is 1.34. The first-order valence-electron chi connectivity index (χ1n) is 10.7. The molecule has 2 aromatic carbocycles. The number of hydrogen-bond acceptors (Lipinski definition) is 3. The van der Waals surface area contributed by atoms with E-state index < -0.39 is 0 Å². The second-order valence-corrected chi connectivity index (χ2v) is 8.77. The average Bonchev–Trinajstić information content (AvgIpc) is 2.98. The van der Waals surface area contributed by atoms with E-state index in [0.29, 0.717) is 18.1 Å². The number of nitrogens with zero attached hydrogens (tertiary/aromatic N) is 4. The summed E-state index contributed by atoms with van der Waals surface area (Å²) in [7, 11) is 0. The van der Waals surface area contributed by atoms with Gasteiger partial charge in [0.1, 0.15) is 11.6 Å². The van der Waals surface area contributed by atoms with E-state index in [0.717, 1.165) is 55.9 Å². The van der Waals surface area contributed by atoms with Crippen molar-refractivity contribution >= 4 is 17.5 Å². The van der Waals surface area contributed by atoms with Gasteiger partial charge in [-0.3, -0.25) is 4.79 Å². The maximum Gasteiger partial charge on any atom is 0.233 e. The third-order valence-corrected chi connectivity index (χ3v) is 6.86. The monoisotopic (exact) mass is 420 g/mol. The van der Waals surface area contributed by atoms with Gasteiger partial charge in [0.15, 0.2) is 0 Å². The lowest BCUT2D eigenvalue weighted by Crippen LogP contribution is -2.51. The van der Waals surface area contributed by atoms with Crippen LogP contribution in [-0.4, -0.2) is 38.7 Å². The van der Waals surface area contributed by atoms with Gasteiger partial charge in [-0.25, -0.2) is 0 Å². The Morgan fingerprint density at radius 3 is 2.43 bits per heavy atom. The molecule has 0 bridgehead atoms. The number of benzene rings is 2. The predicted molar refractivity (Wildman–Crippen MR) is 117 cm³/mol. The Bertz CT molecular complexity index is 1040. The molecule has 1 aliphatic carbocycles. The SMILES string of the molecule is O=C(N1CCc2nnc(Cc3ccccc3)n2CC1)C1(c2ccc(Cl)cc2)CCC1. The van der Waals surface area contributed by atoms with Crippen LogP contribution in [0, 0.1) is 0 Å². The average molecular weight is 421 g/mol. The zero-order valence-electron chi connectivity index (χ0n) is 16.9. The van der Waals surface area contributed by atoms with Crippen molar-refractivity contribution in [2.75, 3.05) is 13.1 Å². The van der Waals surface area contributed by atoms with Crippen molar-refractivity contribution in [3.8, 4) is 0 Å². The van der Waals surface area contributed by atoms with Crippen molar-refractivity contribution in [2.24, 2.45) is 0 Å². The van der Waals surface area contributed by atoms with E-state index in [9.17, 15) is 4.79 Å². The van der Waals surface area contributed by atoms with Gasteiger partial charge in [0.25, 0.3) is 0 Å². The molecule has 1 amide bonds. The molecular formula is C24H25ClN4O. The molecule has 1 aromatic heterocycles. The number of halogens is 1. The molecule has 1 aliphatic heterocycles. The van der Waals surface area contributed by atoms with Gasteiger partial charge in [-0.2, -0.15) is 0 Å². The molecule has 3 aromatic rings. The van der Waals surface area contributed by atoms with E-state index in [4.69, 9.17) is 11.6 Å². The first kappa shape index (κ1) is 19.3. The summed E-state index contributed by atoms with van der Waals surface area (Å²) in [5.74, 6) is 2.20. The minimum atomic E-state index is -0.387. The van der Waals surface area contributed by atoms with Crippen LogP contribution < -0.4 is 0 Å². The highest BCUT2D eigenvalue weighted by Gasteiger charge is 2.47. The number of rotatable bonds is 4. The van der Waals surface area contributed by atoms with Crippen LogP contribution in [0.5, 0.6) is 0 Å². The van der Waals surface area contributed by atoms with E-state index in [1.165, 1.54) is 5.56 Å². The molecule has 5 nitrogen and oxygen atoms in total. The van der Waals surface area contributed by atoms with Crippen molar-refractivity contribution in [3.05, 3.63) is 82.4 Å². The summed E-state index contributed by atoms with van der Waals surface area (Å²) in [6.45, 7) is 2.13. The number of carbonyl (C=O) groups excluding carboxylic acids is 1. The summed E-state index contributed by atoms with van der Waals surface area (Å²) in [6, 6.07) is 18.2. The standard InChI is InChI=1S/C24H25ClN4O/c25-20-9-7-19(8-10-20)24(12-4-13-24)23(30)28-14-11-21-26-27-22(29(21)16-15-28)17-18-5-2-1-3-6-18/h1-3,5-10H,4,11-17H2. The highest BCUT2D eigenvalue weighted by atomic mass is 35.5. The zero-order valence-corrected chi connectivity index (χ0v) is 17.7. The molecule has 0 unspecified atom stereocenters. The van der Waals surface area contributed by atoms with E-state index in [2.05, 4.69) is 26.9 Å². The van der Waals surface area contributed by atoms with Gasteiger partial charge in [-0.1, -0.05) is 60.5 Å². The number of amides is 1. The molecular weight excluding hydrogens is 396 g/mol. The maximum atomic E-state index is 13.6. The van der Waals surface area contributed by atoms with Gasteiger partial charge in [0.2, 0.25) is 5.91 Å². The molecule has 2 aliphatic rings. The summed E-state index contributed by atoms with van der Waals surface area (Å²) in [5.41, 5.74) is 1.93. The quantitative estimate of drug-likeness (QED) is 0.640. The van der Waals surface area contributed by atoms with Crippen molar-refractivity contribution in [1.82, 2.24) is 19.7 Å². The lowest BCUT2D eigenvalue weighted by molar-refractivity contribution is -0.141. The number of carbonyl (C=O) groups is 1. The van der Waals surface area contributed by atoms with Crippen LogP contribution in [0.1, 0.15) is 42.0 Å². The van der Waals surface area contributed by atoms with Crippen LogP contribution in [0.15, 0.2) is 54.6 Å². The van der Waals surface area contributed by atoms with Gasteiger partial charge in [0.05, 0.1) is 5.41 Å². The van der Waals surface area contributed by atoms with Crippen LogP contribution in [0.25, 0.3) is 0 Å². The summed E-state index contributed by atoms with van der Waals surface area (Å²) in [5, 5.41) is 9.57. The van der Waals surface area contributed by atoms with Crippen LogP contribution in [-0.2, 0) is 29.6 Å². The highest BCUT2D eigenvalue weighted by Crippen LogP contribution is 2.45. The third-order valence-electron chi connectivity index (χ3n) is 6.61. The lowest BCUT2D eigenvalue weighted by Gasteiger charge is -2.44. The fourth-order valence-corrected chi connectivity index (χ4v) is 4.85. The Morgan fingerprint density at radius 2 is 1.73 bits per heavy atom. The van der Waals surface area contributed by atoms with Crippen molar-refractivity contribution in [3.63, 3.8) is 0 Å². The van der Waals surface area contributed by atoms with Crippen molar-refractivity contribution in [1.29, 1.82) is 0 Å². The smallest absolute Gasteiger partial charge is 0.233 e. The van der Waals surface area contributed by atoms with Gasteiger partial charge < -0.3 is 9.47 Å². The van der Waals surface area contributed by atoms with Gasteiger partial charge in [-0.15, -0.1) is 10.2 Å². The second kappa shape index (κ2) is 7.88. The summed E-state index contributed by atoms with van der Waals surface area (Å²) in [6.07, 6.45) is 4.42. The molecule has 6 heteroatoms. The second-order valence-electron chi connectivity index (χ2n) is 8.33. The normalized spacial score (nSPS) is 17.7. The van der Waals surface area contributed by atoms with E-state index in [1.807, 2.05) is 47.4 Å². The Morgan fingerprint density at radius 1 is 0.967 bits per heavy atom.